The van der Waals surface area contributed by atoms with Crippen LogP contribution in [-0.4, -0.2) is 24.4 Å². The van der Waals surface area contributed by atoms with Crippen molar-refractivity contribution in [3.8, 4) is 0 Å². The van der Waals surface area contributed by atoms with Crippen LogP contribution in [0.25, 0.3) is 0 Å². The summed E-state index contributed by atoms with van der Waals surface area (Å²) in [4.78, 5) is 25.5. The molecule has 0 aromatic heterocycles. The van der Waals surface area contributed by atoms with E-state index in [4.69, 9.17) is 0 Å². The average Bonchev–Trinajstić information content (AvgIpc) is 3.25. The third kappa shape index (κ3) is 5.85. The smallest absolute Gasteiger partial charge is 0.252 e. The summed E-state index contributed by atoms with van der Waals surface area (Å²) in [6.45, 7) is 6.75. The average molecular weight is 408 g/mol. The number of carbonyl (C=O) groups excluding carboxylic acids is 2. The zero-order valence-corrected chi connectivity index (χ0v) is 18.2. The summed E-state index contributed by atoms with van der Waals surface area (Å²) in [6, 6.07) is 14.5. The predicted molar refractivity (Wildman–Crippen MR) is 123 cm³/mol. The van der Waals surface area contributed by atoms with E-state index in [2.05, 4.69) is 16.0 Å². The lowest BCUT2D eigenvalue weighted by Crippen LogP contribution is -2.47. The fourth-order valence-electron chi connectivity index (χ4n) is 3.95. The molecule has 5 heteroatoms. The van der Waals surface area contributed by atoms with E-state index in [1.165, 1.54) is 25.7 Å². The molecule has 160 valence electrons. The Bertz CT molecular complexity index is 855. The molecule has 1 aliphatic rings. The summed E-state index contributed by atoms with van der Waals surface area (Å²) in [5.74, 6) is 0.297. The van der Waals surface area contributed by atoms with Crippen LogP contribution >= 0.6 is 0 Å². The Kier molecular flexibility index (Phi) is 7.50. The molecule has 5 nitrogen and oxygen atoms in total. The Morgan fingerprint density at radius 1 is 0.967 bits per heavy atom. The van der Waals surface area contributed by atoms with Crippen molar-refractivity contribution in [3.63, 3.8) is 0 Å². The van der Waals surface area contributed by atoms with Crippen LogP contribution in [0, 0.1) is 18.8 Å². The fourth-order valence-corrected chi connectivity index (χ4v) is 3.95. The first-order valence-corrected chi connectivity index (χ1v) is 11.0. The normalized spacial score (nSPS) is 15.1. The maximum Gasteiger partial charge on any atom is 0.252 e. The summed E-state index contributed by atoms with van der Waals surface area (Å²) in [5, 5.41) is 9.32. The molecule has 0 spiro atoms. The second-order valence-corrected chi connectivity index (χ2v) is 8.61. The van der Waals surface area contributed by atoms with Crippen LogP contribution in [-0.2, 0) is 4.79 Å². The van der Waals surface area contributed by atoms with Crippen LogP contribution in [0.2, 0.25) is 0 Å². The summed E-state index contributed by atoms with van der Waals surface area (Å²) in [5.41, 5.74) is 3.27. The fraction of sp³-hybridized carbons (Fsp3) is 0.440. The predicted octanol–water partition coefficient (Wildman–Crippen LogP) is 4.99. The van der Waals surface area contributed by atoms with Crippen molar-refractivity contribution in [1.29, 1.82) is 0 Å². The van der Waals surface area contributed by atoms with Crippen LogP contribution < -0.4 is 16.0 Å². The molecule has 3 rings (SSSR count). The van der Waals surface area contributed by atoms with Gasteiger partial charge in [-0.25, -0.2) is 0 Å². The van der Waals surface area contributed by atoms with E-state index in [0.29, 0.717) is 5.56 Å². The summed E-state index contributed by atoms with van der Waals surface area (Å²) in [6.07, 6.45) is 5.31. The lowest BCUT2D eigenvalue weighted by molar-refractivity contribution is -0.118. The first-order chi connectivity index (χ1) is 14.4. The van der Waals surface area contributed by atoms with Crippen molar-refractivity contribution in [2.45, 2.75) is 52.5 Å². The molecule has 0 heterocycles. The van der Waals surface area contributed by atoms with Gasteiger partial charge in [-0.1, -0.05) is 44.9 Å². The molecule has 1 saturated carbocycles. The zero-order chi connectivity index (χ0) is 21.5. The molecular formula is C25H33N3O2. The molecule has 2 aromatic rings. The molecule has 1 unspecified atom stereocenters. The summed E-state index contributed by atoms with van der Waals surface area (Å²) < 4.78 is 0. The number of aryl methyl sites for hydroxylation is 1. The first-order valence-electron chi connectivity index (χ1n) is 11.0. The number of anilines is 2. The number of amides is 2. The third-order valence-electron chi connectivity index (χ3n) is 5.85. The lowest BCUT2D eigenvalue weighted by Gasteiger charge is -2.22. The van der Waals surface area contributed by atoms with Gasteiger partial charge in [-0.3, -0.25) is 9.59 Å². The number of nitrogens with one attached hydrogen (secondary N) is 3. The molecule has 30 heavy (non-hydrogen) atoms. The topological polar surface area (TPSA) is 70.2 Å². The highest BCUT2D eigenvalue weighted by molar-refractivity contribution is 6.01. The molecule has 1 atom stereocenters. The van der Waals surface area contributed by atoms with Gasteiger partial charge in [0, 0.05) is 23.5 Å². The van der Waals surface area contributed by atoms with Gasteiger partial charge in [0.1, 0.15) is 6.04 Å². The van der Waals surface area contributed by atoms with Crippen molar-refractivity contribution in [3.05, 3.63) is 59.7 Å². The second kappa shape index (κ2) is 10.3. The molecule has 2 amide bonds. The third-order valence-corrected chi connectivity index (χ3v) is 5.85. The van der Waals surface area contributed by atoms with Gasteiger partial charge in [0.25, 0.3) is 5.91 Å². The minimum atomic E-state index is -0.614. The van der Waals surface area contributed by atoms with Crippen LogP contribution in [0.1, 0.15) is 55.5 Å². The van der Waals surface area contributed by atoms with Gasteiger partial charge in [-0.05, 0) is 67.5 Å². The number of carbonyl (C=O) groups is 2. The van der Waals surface area contributed by atoms with Crippen LogP contribution in [0.4, 0.5) is 11.4 Å². The molecule has 0 radical (unpaired) electrons. The standard InChI is InChI=1S/C25H33N3O2/c1-17(2)23(28-24(29)22-11-7-4-8-18(22)3)25(30)27-21-14-12-20(13-15-21)26-16-19-9-5-6-10-19/h4,7-8,11-15,17,19,23,26H,5-6,9-10,16H2,1-3H3,(H,27,30)(H,28,29). The monoisotopic (exact) mass is 407 g/mol. The molecule has 1 fully saturated rings. The number of benzene rings is 2. The molecule has 2 aromatic carbocycles. The van der Waals surface area contributed by atoms with E-state index in [0.717, 1.165) is 29.4 Å². The Balaban J connectivity index is 1.57. The highest BCUT2D eigenvalue weighted by atomic mass is 16.2. The molecule has 0 bridgehead atoms. The number of hydrogen-bond acceptors (Lipinski definition) is 3. The number of rotatable bonds is 8. The van der Waals surface area contributed by atoms with Crippen molar-refractivity contribution >= 4 is 23.2 Å². The highest BCUT2D eigenvalue weighted by Gasteiger charge is 2.25. The van der Waals surface area contributed by atoms with E-state index in [9.17, 15) is 9.59 Å². The Hall–Kier alpha value is -2.82. The Labute approximate surface area is 179 Å². The van der Waals surface area contributed by atoms with E-state index in [1.807, 2.05) is 63.2 Å². The van der Waals surface area contributed by atoms with Gasteiger partial charge in [0.2, 0.25) is 5.91 Å². The zero-order valence-electron chi connectivity index (χ0n) is 18.2. The molecule has 3 N–H and O–H groups in total. The van der Waals surface area contributed by atoms with E-state index < -0.39 is 6.04 Å². The summed E-state index contributed by atoms with van der Waals surface area (Å²) in [7, 11) is 0. The van der Waals surface area contributed by atoms with Crippen molar-refractivity contribution in [1.82, 2.24) is 5.32 Å². The second-order valence-electron chi connectivity index (χ2n) is 8.61. The molecular weight excluding hydrogens is 374 g/mol. The van der Waals surface area contributed by atoms with E-state index in [1.54, 1.807) is 6.07 Å². The van der Waals surface area contributed by atoms with Gasteiger partial charge in [0.05, 0.1) is 0 Å². The Morgan fingerprint density at radius 3 is 2.23 bits per heavy atom. The lowest BCUT2D eigenvalue weighted by atomic mass is 10.0. The Morgan fingerprint density at radius 2 is 1.60 bits per heavy atom. The van der Waals surface area contributed by atoms with Crippen LogP contribution in [0.3, 0.4) is 0 Å². The molecule has 0 aliphatic heterocycles. The minimum absolute atomic E-state index is 0.0367. The quantitative estimate of drug-likeness (QED) is 0.577. The SMILES string of the molecule is Cc1ccccc1C(=O)NC(C(=O)Nc1ccc(NCC2CCCC2)cc1)C(C)C. The van der Waals surface area contributed by atoms with Gasteiger partial charge in [-0.2, -0.15) is 0 Å². The van der Waals surface area contributed by atoms with Gasteiger partial charge in [0.15, 0.2) is 0 Å². The summed E-state index contributed by atoms with van der Waals surface area (Å²) >= 11 is 0. The molecule has 1 aliphatic carbocycles. The van der Waals surface area contributed by atoms with Crippen LogP contribution in [0.5, 0.6) is 0 Å². The first kappa shape index (κ1) is 21.9. The van der Waals surface area contributed by atoms with Crippen molar-refractivity contribution < 1.29 is 9.59 Å². The number of hydrogen-bond donors (Lipinski definition) is 3. The van der Waals surface area contributed by atoms with Crippen LogP contribution in [0.15, 0.2) is 48.5 Å². The van der Waals surface area contributed by atoms with Gasteiger partial charge in [-0.15, -0.1) is 0 Å². The maximum atomic E-state index is 12.8. The van der Waals surface area contributed by atoms with Gasteiger partial charge >= 0.3 is 0 Å². The highest BCUT2D eigenvalue weighted by Crippen LogP contribution is 2.25. The maximum absolute atomic E-state index is 12.8. The van der Waals surface area contributed by atoms with E-state index in [-0.39, 0.29) is 17.7 Å². The van der Waals surface area contributed by atoms with Gasteiger partial charge < -0.3 is 16.0 Å². The van der Waals surface area contributed by atoms with Crippen molar-refractivity contribution in [2.75, 3.05) is 17.2 Å². The molecule has 0 saturated heterocycles. The largest absolute Gasteiger partial charge is 0.385 e. The minimum Gasteiger partial charge on any atom is -0.385 e. The van der Waals surface area contributed by atoms with E-state index >= 15 is 0 Å². The van der Waals surface area contributed by atoms with Crippen molar-refractivity contribution in [2.24, 2.45) is 11.8 Å².